The third-order valence-corrected chi connectivity index (χ3v) is 4.30. The molecule has 0 spiro atoms. The van der Waals surface area contributed by atoms with Gasteiger partial charge in [-0.2, -0.15) is 0 Å². The second kappa shape index (κ2) is 6.98. The molecule has 0 saturated carbocycles. The van der Waals surface area contributed by atoms with Crippen LogP contribution in [0.4, 0.5) is 10.5 Å². The Morgan fingerprint density at radius 1 is 1.25 bits per heavy atom. The fourth-order valence-electron chi connectivity index (χ4n) is 2.09. The molecule has 0 radical (unpaired) electrons. The van der Waals surface area contributed by atoms with Crippen molar-refractivity contribution >= 4 is 46.2 Å². The number of halogens is 1. The van der Waals surface area contributed by atoms with Crippen LogP contribution in [0.5, 0.6) is 11.5 Å². The number of aliphatic imine (C=N–C) groups is 1. The Bertz CT molecular complexity index is 847. The summed E-state index contributed by atoms with van der Waals surface area (Å²) >= 11 is 6.92. The molecule has 5 nitrogen and oxygen atoms in total. The molecule has 0 unspecified atom stereocenters. The summed E-state index contributed by atoms with van der Waals surface area (Å²) < 4.78 is 5.09. The van der Waals surface area contributed by atoms with Crippen LogP contribution in [-0.2, 0) is 0 Å². The van der Waals surface area contributed by atoms with E-state index in [1.54, 1.807) is 42.5 Å². The first-order valence-electron chi connectivity index (χ1n) is 6.97. The molecule has 0 aromatic heterocycles. The molecule has 1 aliphatic rings. The lowest BCUT2D eigenvalue weighted by Crippen LogP contribution is -2.18. The number of amidine groups is 1. The van der Waals surface area contributed by atoms with Gasteiger partial charge in [-0.15, -0.1) is 0 Å². The summed E-state index contributed by atoms with van der Waals surface area (Å²) in [4.78, 5) is 16.8. The second-order valence-corrected chi connectivity index (χ2v) is 6.34. The zero-order chi connectivity index (χ0) is 17.1. The van der Waals surface area contributed by atoms with Crippen molar-refractivity contribution in [3.63, 3.8) is 0 Å². The van der Waals surface area contributed by atoms with E-state index in [1.807, 2.05) is 0 Å². The lowest BCUT2D eigenvalue weighted by molar-refractivity contribution is 0.265. The van der Waals surface area contributed by atoms with Gasteiger partial charge in [0.2, 0.25) is 0 Å². The monoisotopic (exact) mass is 360 g/mol. The van der Waals surface area contributed by atoms with Crippen molar-refractivity contribution in [1.82, 2.24) is 5.32 Å². The number of nitrogens with one attached hydrogen (secondary N) is 1. The molecule has 2 aromatic rings. The number of amides is 1. The van der Waals surface area contributed by atoms with Crippen LogP contribution in [-0.4, -0.2) is 23.3 Å². The van der Waals surface area contributed by atoms with Crippen molar-refractivity contribution in [2.45, 2.75) is 0 Å². The fourth-order valence-corrected chi connectivity index (χ4v) is 2.95. The first-order valence-corrected chi connectivity index (χ1v) is 8.17. The number of methoxy groups -OCH3 is 1. The van der Waals surface area contributed by atoms with Crippen LogP contribution in [0, 0.1) is 0 Å². The number of benzene rings is 2. The van der Waals surface area contributed by atoms with Crippen LogP contribution >= 0.6 is 23.4 Å². The molecule has 122 valence electrons. The van der Waals surface area contributed by atoms with Crippen LogP contribution in [0.25, 0.3) is 6.08 Å². The topological polar surface area (TPSA) is 70.9 Å². The van der Waals surface area contributed by atoms with Gasteiger partial charge in [-0.05, 0) is 59.8 Å². The number of nitrogens with zero attached hydrogens (tertiary/aromatic N) is 1. The van der Waals surface area contributed by atoms with Crippen LogP contribution in [0.1, 0.15) is 5.56 Å². The van der Waals surface area contributed by atoms with Gasteiger partial charge in [0.1, 0.15) is 5.84 Å². The van der Waals surface area contributed by atoms with E-state index in [0.29, 0.717) is 27.2 Å². The molecule has 0 atom stereocenters. The number of hydrogen-bond donors (Lipinski definition) is 2. The number of rotatable bonds is 3. The number of phenols is 1. The molecular weight excluding hydrogens is 348 g/mol. The van der Waals surface area contributed by atoms with Gasteiger partial charge >= 0.3 is 0 Å². The van der Waals surface area contributed by atoms with Crippen LogP contribution in [0.2, 0.25) is 5.02 Å². The van der Waals surface area contributed by atoms with Gasteiger partial charge in [0, 0.05) is 5.02 Å². The predicted molar refractivity (Wildman–Crippen MR) is 97.3 cm³/mol. The van der Waals surface area contributed by atoms with Gasteiger partial charge in [-0.1, -0.05) is 17.7 Å². The molecule has 7 heteroatoms. The fraction of sp³-hybridized carbons (Fsp3) is 0.0588. The summed E-state index contributed by atoms with van der Waals surface area (Å²) in [5.74, 6) is 0.894. The highest BCUT2D eigenvalue weighted by molar-refractivity contribution is 8.18. The second-order valence-electron chi connectivity index (χ2n) is 4.89. The van der Waals surface area contributed by atoms with E-state index < -0.39 is 0 Å². The maximum atomic E-state index is 11.7. The van der Waals surface area contributed by atoms with E-state index >= 15 is 0 Å². The van der Waals surface area contributed by atoms with Gasteiger partial charge < -0.3 is 15.2 Å². The highest BCUT2D eigenvalue weighted by Gasteiger charge is 2.23. The number of carbonyl (C=O) groups excluding carboxylic acids is 1. The number of carbonyl (C=O) groups is 1. The SMILES string of the molecule is COc1cc(/C=C2\SC(=O)NC2=Nc2ccc(Cl)cc2)ccc1O. The number of aromatic hydroxyl groups is 1. The molecule has 1 aliphatic heterocycles. The van der Waals surface area contributed by atoms with Crippen molar-refractivity contribution in [3.05, 3.63) is 58.0 Å². The lowest BCUT2D eigenvalue weighted by Gasteiger charge is -2.04. The summed E-state index contributed by atoms with van der Waals surface area (Å²) in [6, 6.07) is 12.0. The third kappa shape index (κ3) is 3.72. The van der Waals surface area contributed by atoms with Gasteiger partial charge in [0.25, 0.3) is 5.24 Å². The quantitative estimate of drug-likeness (QED) is 0.840. The zero-order valence-electron chi connectivity index (χ0n) is 12.6. The molecule has 1 fully saturated rings. The van der Waals surface area contributed by atoms with E-state index in [-0.39, 0.29) is 11.0 Å². The highest BCUT2D eigenvalue weighted by Crippen LogP contribution is 2.31. The summed E-state index contributed by atoms with van der Waals surface area (Å²) in [6.45, 7) is 0. The Kier molecular flexibility index (Phi) is 4.78. The van der Waals surface area contributed by atoms with Gasteiger partial charge in [-0.25, -0.2) is 4.99 Å². The van der Waals surface area contributed by atoms with Crippen molar-refractivity contribution in [2.24, 2.45) is 4.99 Å². The highest BCUT2D eigenvalue weighted by atomic mass is 35.5. The Labute approximate surface area is 148 Å². The molecule has 1 heterocycles. The molecule has 3 rings (SSSR count). The largest absolute Gasteiger partial charge is 0.504 e. The van der Waals surface area contributed by atoms with Crippen molar-refractivity contribution in [2.75, 3.05) is 7.11 Å². The van der Waals surface area contributed by atoms with Crippen molar-refractivity contribution in [1.29, 1.82) is 0 Å². The van der Waals surface area contributed by atoms with Crippen LogP contribution < -0.4 is 10.1 Å². The van der Waals surface area contributed by atoms with Crippen LogP contribution in [0.3, 0.4) is 0 Å². The van der Waals surface area contributed by atoms with Crippen LogP contribution in [0.15, 0.2) is 52.4 Å². The molecule has 2 N–H and O–H groups in total. The van der Waals surface area contributed by atoms with Crippen molar-refractivity contribution in [3.8, 4) is 11.5 Å². The van der Waals surface area contributed by atoms with E-state index in [2.05, 4.69) is 10.3 Å². The van der Waals surface area contributed by atoms with Gasteiger partial charge in [0.15, 0.2) is 11.5 Å². The Morgan fingerprint density at radius 3 is 2.71 bits per heavy atom. The molecular formula is C17H13ClN2O3S. The number of ether oxygens (including phenoxy) is 1. The Balaban J connectivity index is 1.95. The average molecular weight is 361 g/mol. The standard InChI is InChI=1S/C17H13ClN2O3S/c1-23-14-8-10(2-7-13(14)21)9-15-16(20-17(22)24-15)19-12-5-3-11(18)4-6-12/h2-9,21H,1H3,(H,19,20,22)/b15-9-. The number of hydrogen-bond acceptors (Lipinski definition) is 5. The maximum Gasteiger partial charge on any atom is 0.289 e. The molecule has 24 heavy (non-hydrogen) atoms. The Morgan fingerprint density at radius 2 is 2.00 bits per heavy atom. The summed E-state index contributed by atoms with van der Waals surface area (Å²) in [6.07, 6.45) is 1.80. The first-order chi connectivity index (χ1) is 11.5. The van der Waals surface area contributed by atoms with Gasteiger partial charge in [0.05, 0.1) is 17.7 Å². The lowest BCUT2D eigenvalue weighted by atomic mass is 10.2. The molecule has 2 aromatic carbocycles. The van der Waals surface area contributed by atoms with Crippen molar-refractivity contribution < 1.29 is 14.6 Å². The van der Waals surface area contributed by atoms with E-state index in [4.69, 9.17) is 16.3 Å². The molecule has 1 amide bonds. The minimum Gasteiger partial charge on any atom is -0.504 e. The molecule has 1 saturated heterocycles. The summed E-state index contributed by atoms with van der Waals surface area (Å²) in [7, 11) is 1.48. The number of phenolic OH excluding ortho intramolecular Hbond substituents is 1. The van der Waals surface area contributed by atoms with E-state index in [0.717, 1.165) is 17.3 Å². The average Bonchev–Trinajstić information content (AvgIpc) is 2.90. The third-order valence-electron chi connectivity index (χ3n) is 3.23. The molecule has 0 aliphatic carbocycles. The van der Waals surface area contributed by atoms with E-state index in [9.17, 15) is 9.90 Å². The first kappa shape index (κ1) is 16.4. The number of thioether (sulfide) groups is 1. The smallest absolute Gasteiger partial charge is 0.289 e. The predicted octanol–water partition coefficient (Wildman–Crippen LogP) is 4.58. The minimum atomic E-state index is -0.195. The molecule has 0 bridgehead atoms. The Hall–Kier alpha value is -2.44. The summed E-state index contributed by atoms with van der Waals surface area (Å²) in [5.41, 5.74) is 1.47. The normalized spacial score (nSPS) is 17.3. The minimum absolute atomic E-state index is 0.0583. The van der Waals surface area contributed by atoms with Gasteiger partial charge in [-0.3, -0.25) is 4.79 Å². The zero-order valence-corrected chi connectivity index (χ0v) is 14.2. The summed E-state index contributed by atoms with van der Waals surface area (Å²) in [5, 5.41) is 12.8. The maximum absolute atomic E-state index is 11.7. The van der Waals surface area contributed by atoms with E-state index in [1.165, 1.54) is 13.2 Å².